The number of rotatable bonds is 4. The van der Waals surface area contributed by atoms with Crippen LogP contribution in [0.5, 0.6) is 0 Å². The molecule has 6 heteroatoms. The number of hydrogen-bond acceptors (Lipinski definition) is 4. The number of nitrogen functional groups attached to an aromatic ring is 1. The van der Waals surface area contributed by atoms with Crippen LogP contribution in [0.4, 0.5) is 11.4 Å². The Balaban J connectivity index is 2.27. The Bertz CT molecular complexity index is 661. The molecule has 1 amide bonds. The molecule has 1 aromatic carbocycles. The van der Waals surface area contributed by atoms with Crippen LogP contribution >= 0.6 is 0 Å². The van der Waals surface area contributed by atoms with Crippen molar-refractivity contribution in [3.05, 3.63) is 47.4 Å². The van der Waals surface area contributed by atoms with Crippen LogP contribution in [-0.2, 0) is 6.42 Å². The zero-order valence-electron chi connectivity index (χ0n) is 10.8. The first kappa shape index (κ1) is 13.7. The van der Waals surface area contributed by atoms with Crippen molar-refractivity contribution in [2.24, 2.45) is 0 Å². The smallest absolute Gasteiger partial charge is 0.337 e. The highest BCUT2D eigenvalue weighted by molar-refractivity contribution is 6.06. The standard InChI is InChI=1S/C14H14N2O4/c1-2-9-4-6-12(20-9)13(17)16-11-7-8(15)3-5-10(11)14(18)19/h3-7H,2,15H2,1H3,(H,16,17)(H,18,19). The molecule has 0 atom stereocenters. The third-order valence-corrected chi connectivity index (χ3v) is 2.76. The van der Waals surface area contributed by atoms with Gasteiger partial charge in [-0.05, 0) is 30.3 Å². The van der Waals surface area contributed by atoms with Gasteiger partial charge in [0.15, 0.2) is 5.76 Å². The van der Waals surface area contributed by atoms with E-state index in [1.807, 2.05) is 6.92 Å². The fraction of sp³-hybridized carbons (Fsp3) is 0.143. The van der Waals surface area contributed by atoms with Crippen molar-refractivity contribution in [3.8, 4) is 0 Å². The van der Waals surface area contributed by atoms with Gasteiger partial charge in [-0.3, -0.25) is 4.79 Å². The van der Waals surface area contributed by atoms with Gasteiger partial charge in [0.1, 0.15) is 5.76 Å². The third-order valence-electron chi connectivity index (χ3n) is 2.76. The maximum absolute atomic E-state index is 12.0. The van der Waals surface area contributed by atoms with E-state index >= 15 is 0 Å². The first-order chi connectivity index (χ1) is 9.51. The van der Waals surface area contributed by atoms with Crippen molar-refractivity contribution in [3.63, 3.8) is 0 Å². The van der Waals surface area contributed by atoms with Gasteiger partial charge in [-0.25, -0.2) is 4.79 Å². The van der Waals surface area contributed by atoms with Gasteiger partial charge < -0.3 is 20.6 Å². The summed E-state index contributed by atoms with van der Waals surface area (Å²) in [5.41, 5.74) is 6.06. The normalized spacial score (nSPS) is 10.2. The lowest BCUT2D eigenvalue weighted by atomic mass is 10.1. The van der Waals surface area contributed by atoms with E-state index in [0.29, 0.717) is 17.9 Å². The molecule has 2 aromatic rings. The molecule has 1 heterocycles. The molecule has 0 spiro atoms. The minimum atomic E-state index is -1.14. The van der Waals surface area contributed by atoms with E-state index in [-0.39, 0.29) is 17.0 Å². The van der Waals surface area contributed by atoms with Gasteiger partial charge in [0, 0.05) is 12.1 Å². The second-order valence-corrected chi connectivity index (χ2v) is 4.18. The number of aryl methyl sites for hydroxylation is 1. The molecule has 0 radical (unpaired) electrons. The number of anilines is 2. The Morgan fingerprint density at radius 2 is 2.05 bits per heavy atom. The van der Waals surface area contributed by atoms with Crippen molar-refractivity contribution in [1.82, 2.24) is 0 Å². The highest BCUT2D eigenvalue weighted by Gasteiger charge is 2.16. The second-order valence-electron chi connectivity index (χ2n) is 4.18. The second kappa shape index (κ2) is 5.48. The lowest BCUT2D eigenvalue weighted by Gasteiger charge is -2.08. The van der Waals surface area contributed by atoms with Gasteiger partial charge >= 0.3 is 5.97 Å². The predicted octanol–water partition coefficient (Wildman–Crippen LogP) is 2.37. The molecule has 0 bridgehead atoms. The largest absolute Gasteiger partial charge is 0.478 e. The van der Waals surface area contributed by atoms with E-state index in [4.69, 9.17) is 15.3 Å². The molecule has 0 aliphatic carbocycles. The van der Waals surface area contributed by atoms with Gasteiger partial charge in [-0.15, -0.1) is 0 Å². The molecule has 20 heavy (non-hydrogen) atoms. The van der Waals surface area contributed by atoms with Crippen LogP contribution in [0.2, 0.25) is 0 Å². The van der Waals surface area contributed by atoms with Crippen molar-refractivity contribution in [2.45, 2.75) is 13.3 Å². The molecule has 6 nitrogen and oxygen atoms in total. The number of carbonyl (C=O) groups is 2. The Labute approximate surface area is 115 Å². The highest BCUT2D eigenvalue weighted by atomic mass is 16.4. The van der Waals surface area contributed by atoms with E-state index in [0.717, 1.165) is 0 Å². The molecule has 0 aliphatic heterocycles. The van der Waals surface area contributed by atoms with Gasteiger partial charge in [0.05, 0.1) is 11.3 Å². The van der Waals surface area contributed by atoms with Gasteiger partial charge in [-0.2, -0.15) is 0 Å². The monoisotopic (exact) mass is 274 g/mol. The average molecular weight is 274 g/mol. The lowest BCUT2D eigenvalue weighted by molar-refractivity contribution is 0.0698. The van der Waals surface area contributed by atoms with Crippen LogP contribution in [0, 0.1) is 0 Å². The zero-order chi connectivity index (χ0) is 14.7. The molecule has 0 aliphatic rings. The van der Waals surface area contributed by atoms with Crippen molar-refractivity contribution >= 4 is 23.3 Å². The summed E-state index contributed by atoms with van der Waals surface area (Å²) in [7, 11) is 0. The maximum Gasteiger partial charge on any atom is 0.337 e. The number of carboxylic acids is 1. The van der Waals surface area contributed by atoms with Crippen molar-refractivity contribution < 1.29 is 19.1 Å². The molecule has 0 saturated carbocycles. The fourth-order valence-corrected chi connectivity index (χ4v) is 1.73. The van der Waals surface area contributed by atoms with E-state index in [2.05, 4.69) is 5.32 Å². The molecule has 1 aromatic heterocycles. The van der Waals surface area contributed by atoms with Crippen LogP contribution in [0.15, 0.2) is 34.7 Å². The summed E-state index contributed by atoms with van der Waals surface area (Å²) in [5.74, 6) is -0.853. The van der Waals surface area contributed by atoms with E-state index in [1.54, 1.807) is 12.1 Å². The first-order valence-corrected chi connectivity index (χ1v) is 6.04. The van der Waals surface area contributed by atoms with E-state index < -0.39 is 11.9 Å². The van der Waals surface area contributed by atoms with Gasteiger partial charge in [-0.1, -0.05) is 6.92 Å². The number of carboxylic acid groups (broad SMARTS) is 1. The summed E-state index contributed by atoms with van der Waals surface area (Å²) >= 11 is 0. The number of hydrogen-bond donors (Lipinski definition) is 3. The minimum absolute atomic E-state index is 0.0326. The van der Waals surface area contributed by atoms with E-state index in [1.165, 1.54) is 18.2 Å². The minimum Gasteiger partial charge on any atom is -0.478 e. The highest BCUT2D eigenvalue weighted by Crippen LogP contribution is 2.20. The lowest BCUT2D eigenvalue weighted by Crippen LogP contribution is -2.14. The molecule has 0 fully saturated rings. The van der Waals surface area contributed by atoms with E-state index in [9.17, 15) is 9.59 Å². The Kier molecular flexibility index (Phi) is 3.74. The maximum atomic E-state index is 12.0. The van der Waals surface area contributed by atoms with Crippen LogP contribution in [0.3, 0.4) is 0 Å². The number of carbonyl (C=O) groups excluding carboxylic acids is 1. The number of aromatic carboxylic acids is 1. The molecule has 104 valence electrons. The van der Waals surface area contributed by atoms with Crippen molar-refractivity contribution in [2.75, 3.05) is 11.1 Å². The van der Waals surface area contributed by atoms with Crippen LogP contribution in [-0.4, -0.2) is 17.0 Å². The Morgan fingerprint density at radius 1 is 1.30 bits per heavy atom. The number of nitrogens with one attached hydrogen (secondary N) is 1. The first-order valence-electron chi connectivity index (χ1n) is 6.04. The number of furan rings is 1. The zero-order valence-corrected chi connectivity index (χ0v) is 10.8. The molecule has 0 saturated heterocycles. The predicted molar refractivity (Wildman–Crippen MR) is 73.9 cm³/mol. The fourth-order valence-electron chi connectivity index (χ4n) is 1.73. The summed E-state index contributed by atoms with van der Waals surface area (Å²) < 4.78 is 5.31. The number of amides is 1. The van der Waals surface area contributed by atoms with Crippen molar-refractivity contribution in [1.29, 1.82) is 0 Å². The summed E-state index contributed by atoms with van der Waals surface area (Å²) in [4.78, 5) is 23.1. The summed E-state index contributed by atoms with van der Waals surface area (Å²) in [6, 6.07) is 7.44. The van der Waals surface area contributed by atoms with Crippen LogP contribution in [0.1, 0.15) is 33.6 Å². The molecule has 0 unspecified atom stereocenters. The molecular formula is C14H14N2O4. The van der Waals surface area contributed by atoms with Crippen LogP contribution < -0.4 is 11.1 Å². The number of benzene rings is 1. The number of nitrogens with two attached hydrogens (primary N) is 1. The summed E-state index contributed by atoms with van der Waals surface area (Å²) in [6.07, 6.45) is 0.673. The van der Waals surface area contributed by atoms with Crippen LogP contribution in [0.25, 0.3) is 0 Å². The summed E-state index contributed by atoms with van der Waals surface area (Å²) in [6.45, 7) is 1.90. The molecule has 4 N–H and O–H groups in total. The Hall–Kier alpha value is -2.76. The SMILES string of the molecule is CCc1ccc(C(=O)Nc2cc(N)ccc2C(=O)O)o1. The quantitative estimate of drug-likeness (QED) is 0.742. The van der Waals surface area contributed by atoms with Gasteiger partial charge in [0.25, 0.3) is 5.91 Å². The average Bonchev–Trinajstić information content (AvgIpc) is 2.87. The summed E-state index contributed by atoms with van der Waals surface area (Å²) in [5, 5.41) is 11.6. The third kappa shape index (κ3) is 2.80. The topological polar surface area (TPSA) is 106 Å². The van der Waals surface area contributed by atoms with Gasteiger partial charge in [0.2, 0.25) is 0 Å². The molecular weight excluding hydrogens is 260 g/mol. The Morgan fingerprint density at radius 3 is 2.65 bits per heavy atom. The molecule has 2 rings (SSSR count).